The molecule has 0 aromatic carbocycles. The Labute approximate surface area is 82.5 Å². The van der Waals surface area contributed by atoms with Crippen molar-refractivity contribution in [3.63, 3.8) is 0 Å². The molecule has 1 saturated carbocycles. The molecule has 76 valence electrons. The molecule has 1 heterocycles. The average Bonchev–Trinajstić information content (AvgIpc) is 2.72. The summed E-state index contributed by atoms with van der Waals surface area (Å²) < 4.78 is 0. The lowest BCUT2D eigenvalue weighted by Gasteiger charge is -2.30. The van der Waals surface area contributed by atoms with Gasteiger partial charge in [0.15, 0.2) is 0 Å². The van der Waals surface area contributed by atoms with Crippen LogP contribution in [0.4, 0.5) is 0 Å². The molecule has 0 radical (unpaired) electrons. The summed E-state index contributed by atoms with van der Waals surface area (Å²) in [5, 5.41) is 0. The predicted molar refractivity (Wildman–Crippen MR) is 56.8 cm³/mol. The van der Waals surface area contributed by atoms with Crippen molar-refractivity contribution in [3.05, 3.63) is 0 Å². The van der Waals surface area contributed by atoms with Crippen LogP contribution in [0.15, 0.2) is 0 Å². The number of rotatable bonds is 2. The number of likely N-dealkylation sites (tertiary alicyclic amines) is 1. The third-order valence-corrected chi connectivity index (χ3v) is 4.28. The van der Waals surface area contributed by atoms with Crippen molar-refractivity contribution in [1.82, 2.24) is 4.90 Å². The second-order valence-corrected chi connectivity index (χ2v) is 4.87. The number of hydrogen-bond donors (Lipinski definition) is 0. The summed E-state index contributed by atoms with van der Waals surface area (Å²) in [5.41, 5.74) is 0. The zero-order chi connectivity index (χ0) is 9.26. The molecule has 2 fully saturated rings. The molecule has 0 aromatic rings. The van der Waals surface area contributed by atoms with E-state index in [1.807, 2.05) is 0 Å². The monoisotopic (exact) mass is 181 g/mol. The quantitative estimate of drug-likeness (QED) is 0.633. The smallest absolute Gasteiger partial charge is 0.00985 e. The van der Waals surface area contributed by atoms with Crippen LogP contribution >= 0.6 is 0 Å². The average molecular weight is 181 g/mol. The van der Waals surface area contributed by atoms with Gasteiger partial charge in [0, 0.05) is 12.1 Å². The van der Waals surface area contributed by atoms with Gasteiger partial charge in [-0.05, 0) is 38.6 Å². The van der Waals surface area contributed by atoms with Crippen LogP contribution in [0.2, 0.25) is 0 Å². The first-order valence-corrected chi connectivity index (χ1v) is 6.08. The van der Waals surface area contributed by atoms with Crippen LogP contribution < -0.4 is 0 Å². The highest BCUT2D eigenvalue weighted by atomic mass is 15.2. The fourth-order valence-corrected chi connectivity index (χ4v) is 3.33. The molecule has 2 atom stereocenters. The van der Waals surface area contributed by atoms with Crippen molar-refractivity contribution >= 4 is 0 Å². The van der Waals surface area contributed by atoms with Gasteiger partial charge >= 0.3 is 0 Å². The van der Waals surface area contributed by atoms with E-state index in [1.54, 1.807) is 0 Å². The highest BCUT2D eigenvalue weighted by molar-refractivity contribution is 4.89. The van der Waals surface area contributed by atoms with E-state index in [4.69, 9.17) is 0 Å². The number of nitrogens with zero attached hydrogens (tertiary/aromatic N) is 1. The standard InChI is InChI=1S/C12H23N/c1-3-11-8-9-13(10(11)2)12-6-4-5-7-12/h10-12H,3-9H2,1-2H3. The fourth-order valence-electron chi connectivity index (χ4n) is 3.33. The predicted octanol–water partition coefficient (Wildman–Crippen LogP) is 3.05. The van der Waals surface area contributed by atoms with Crippen LogP contribution in [-0.2, 0) is 0 Å². The van der Waals surface area contributed by atoms with Gasteiger partial charge in [0.2, 0.25) is 0 Å². The second-order valence-electron chi connectivity index (χ2n) is 4.87. The van der Waals surface area contributed by atoms with Gasteiger partial charge in [-0.25, -0.2) is 0 Å². The SMILES string of the molecule is CCC1CCN(C2CCCC2)C1C. The van der Waals surface area contributed by atoms with Gasteiger partial charge in [0.1, 0.15) is 0 Å². The van der Waals surface area contributed by atoms with E-state index in [2.05, 4.69) is 18.7 Å². The largest absolute Gasteiger partial charge is 0.297 e. The van der Waals surface area contributed by atoms with Gasteiger partial charge < -0.3 is 0 Å². The van der Waals surface area contributed by atoms with Crippen LogP contribution in [0, 0.1) is 5.92 Å². The van der Waals surface area contributed by atoms with Crippen molar-refractivity contribution in [3.8, 4) is 0 Å². The molecule has 1 nitrogen and oxygen atoms in total. The van der Waals surface area contributed by atoms with E-state index in [9.17, 15) is 0 Å². The van der Waals surface area contributed by atoms with Crippen molar-refractivity contribution in [2.45, 2.75) is 64.5 Å². The molecule has 2 unspecified atom stereocenters. The van der Waals surface area contributed by atoms with Gasteiger partial charge in [-0.3, -0.25) is 4.90 Å². The maximum atomic E-state index is 2.79. The summed E-state index contributed by atoms with van der Waals surface area (Å²) in [6.07, 6.45) is 8.73. The molecule has 1 aliphatic heterocycles. The summed E-state index contributed by atoms with van der Waals surface area (Å²) in [6.45, 7) is 6.17. The molecule has 1 saturated heterocycles. The number of hydrogen-bond acceptors (Lipinski definition) is 1. The van der Waals surface area contributed by atoms with Crippen LogP contribution in [0.5, 0.6) is 0 Å². The van der Waals surface area contributed by atoms with E-state index in [0.717, 1.165) is 18.0 Å². The van der Waals surface area contributed by atoms with E-state index in [0.29, 0.717) is 0 Å². The van der Waals surface area contributed by atoms with Crippen molar-refractivity contribution in [2.24, 2.45) is 5.92 Å². The molecule has 2 rings (SSSR count). The third kappa shape index (κ3) is 1.76. The van der Waals surface area contributed by atoms with Crippen LogP contribution in [0.1, 0.15) is 52.4 Å². The molecular formula is C12H23N. The lowest BCUT2D eigenvalue weighted by atomic mass is 9.99. The Bertz CT molecular complexity index is 161. The lowest BCUT2D eigenvalue weighted by Crippen LogP contribution is -2.37. The summed E-state index contributed by atoms with van der Waals surface area (Å²) in [4.78, 5) is 2.79. The highest BCUT2D eigenvalue weighted by Crippen LogP contribution is 2.33. The Morgan fingerprint density at radius 3 is 2.38 bits per heavy atom. The zero-order valence-electron chi connectivity index (χ0n) is 9.13. The zero-order valence-corrected chi connectivity index (χ0v) is 9.13. The van der Waals surface area contributed by atoms with Crippen molar-refractivity contribution < 1.29 is 0 Å². The molecule has 13 heavy (non-hydrogen) atoms. The second kappa shape index (κ2) is 4.00. The minimum absolute atomic E-state index is 0.869. The van der Waals surface area contributed by atoms with Gasteiger partial charge in [-0.15, -0.1) is 0 Å². The van der Waals surface area contributed by atoms with Gasteiger partial charge in [0.05, 0.1) is 0 Å². The molecule has 1 aliphatic carbocycles. The van der Waals surface area contributed by atoms with E-state index in [1.165, 1.54) is 45.1 Å². The molecule has 0 N–H and O–H groups in total. The molecule has 0 bridgehead atoms. The molecule has 1 heteroatoms. The Kier molecular flexibility index (Phi) is 2.92. The normalized spacial score (nSPS) is 37.4. The molecule has 0 spiro atoms. The van der Waals surface area contributed by atoms with Gasteiger partial charge in [0.25, 0.3) is 0 Å². The topological polar surface area (TPSA) is 3.24 Å². The Balaban J connectivity index is 1.93. The first-order chi connectivity index (χ1) is 6.33. The Morgan fingerprint density at radius 1 is 1.15 bits per heavy atom. The van der Waals surface area contributed by atoms with Crippen LogP contribution in [0.3, 0.4) is 0 Å². The molecule has 0 amide bonds. The Hall–Kier alpha value is -0.0400. The Morgan fingerprint density at radius 2 is 1.85 bits per heavy atom. The maximum absolute atomic E-state index is 2.79. The third-order valence-electron chi connectivity index (χ3n) is 4.28. The lowest BCUT2D eigenvalue weighted by molar-refractivity contribution is 0.173. The van der Waals surface area contributed by atoms with Crippen molar-refractivity contribution in [2.75, 3.05) is 6.54 Å². The first-order valence-electron chi connectivity index (χ1n) is 6.08. The molecular weight excluding hydrogens is 158 g/mol. The first kappa shape index (κ1) is 9.51. The summed E-state index contributed by atoms with van der Waals surface area (Å²) >= 11 is 0. The van der Waals surface area contributed by atoms with E-state index in [-0.39, 0.29) is 0 Å². The van der Waals surface area contributed by atoms with Gasteiger partial charge in [-0.2, -0.15) is 0 Å². The molecule has 2 aliphatic rings. The minimum atomic E-state index is 0.869. The van der Waals surface area contributed by atoms with Crippen LogP contribution in [0.25, 0.3) is 0 Å². The summed E-state index contributed by atoms with van der Waals surface area (Å²) in [5.74, 6) is 0.987. The highest BCUT2D eigenvalue weighted by Gasteiger charge is 2.34. The van der Waals surface area contributed by atoms with E-state index < -0.39 is 0 Å². The van der Waals surface area contributed by atoms with Crippen molar-refractivity contribution in [1.29, 1.82) is 0 Å². The van der Waals surface area contributed by atoms with E-state index >= 15 is 0 Å². The van der Waals surface area contributed by atoms with Crippen LogP contribution in [-0.4, -0.2) is 23.5 Å². The summed E-state index contributed by atoms with van der Waals surface area (Å²) in [7, 11) is 0. The van der Waals surface area contributed by atoms with Gasteiger partial charge in [-0.1, -0.05) is 26.2 Å². The maximum Gasteiger partial charge on any atom is 0.00985 e. The molecule has 0 aromatic heterocycles. The minimum Gasteiger partial charge on any atom is -0.297 e. The fraction of sp³-hybridized carbons (Fsp3) is 1.00. The summed E-state index contributed by atoms with van der Waals surface area (Å²) in [6, 6.07) is 1.82.